The molecule has 5 nitrogen and oxygen atoms in total. The summed E-state index contributed by atoms with van der Waals surface area (Å²) in [6, 6.07) is 14.2. The minimum absolute atomic E-state index is 0.302. The number of hydrogen-bond acceptors (Lipinski definition) is 7. The van der Waals surface area contributed by atoms with Crippen LogP contribution in [0.4, 0.5) is 0 Å². The predicted octanol–water partition coefficient (Wildman–Crippen LogP) is 4.07. The SMILES string of the molecule is COc1ccccc1C(=O)COC(=O)c1ccccc1CSC1=NCCS1. The Hall–Kier alpha value is -2.25. The second-order valence-electron chi connectivity index (χ2n) is 5.64. The lowest BCUT2D eigenvalue weighted by molar-refractivity contribution is 0.0473. The minimum Gasteiger partial charge on any atom is -0.496 e. The molecule has 1 aliphatic rings. The number of hydrogen-bond donors (Lipinski definition) is 0. The van der Waals surface area contributed by atoms with Crippen molar-refractivity contribution < 1.29 is 19.1 Å². The largest absolute Gasteiger partial charge is 0.496 e. The molecule has 0 amide bonds. The highest BCUT2D eigenvalue weighted by Crippen LogP contribution is 2.26. The van der Waals surface area contributed by atoms with Crippen LogP contribution in [0.15, 0.2) is 53.5 Å². The van der Waals surface area contributed by atoms with Crippen molar-refractivity contribution in [3.8, 4) is 5.75 Å². The second kappa shape index (κ2) is 9.62. The highest BCUT2D eigenvalue weighted by atomic mass is 32.2. The summed E-state index contributed by atoms with van der Waals surface area (Å²) in [5, 5.41) is 0. The van der Waals surface area contributed by atoms with Gasteiger partial charge in [0.15, 0.2) is 6.61 Å². The van der Waals surface area contributed by atoms with Crippen LogP contribution in [0.3, 0.4) is 0 Å². The third-order valence-electron chi connectivity index (χ3n) is 3.89. The third-order valence-corrected chi connectivity index (χ3v) is 6.19. The van der Waals surface area contributed by atoms with Crippen LogP contribution in [0.5, 0.6) is 5.75 Å². The number of ether oxygens (including phenoxy) is 2. The molecule has 0 unspecified atom stereocenters. The number of esters is 1. The summed E-state index contributed by atoms with van der Waals surface area (Å²) in [6.07, 6.45) is 0. The molecular formula is C20H19NO4S2. The molecule has 0 fully saturated rings. The fourth-order valence-corrected chi connectivity index (χ4v) is 4.56. The molecule has 0 spiro atoms. The molecule has 0 aliphatic carbocycles. The highest BCUT2D eigenvalue weighted by molar-refractivity contribution is 8.38. The summed E-state index contributed by atoms with van der Waals surface area (Å²) in [5.74, 6) is 1.30. The Labute approximate surface area is 166 Å². The third kappa shape index (κ3) is 5.14. The van der Waals surface area contributed by atoms with Gasteiger partial charge in [-0.2, -0.15) is 0 Å². The van der Waals surface area contributed by atoms with E-state index in [1.54, 1.807) is 59.9 Å². The molecule has 140 valence electrons. The molecule has 0 saturated heterocycles. The summed E-state index contributed by atoms with van der Waals surface area (Å²) in [5.41, 5.74) is 1.74. The molecule has 1 heterocycles. The number of ketones is 1. The maximum atomic E-state index is 12.5. The summed E-state index contributed by atoms with van der Waals surface area (Å²) in [7, 11) is 1.50. The first-order chi connectivity index (χ1) is 13.2. The van der Waals surface area contributed by atoms with E-state index in [1.165, 1.54) is 7.11 Å². The molecule has 27 heavy (non-hydrogen) atoms. The number of Topliss-reactive ketones (excluding diaryl/α,β-unsaturated/α-hetero) is 1. The molecule has 2 aromatic rings. The van der Waals surface area contributed by atoms with Gasteiger partial charge in [-0.1, -0.05) is 53.9 Å². The number of carbonyl (C=O) groups excluding carboxylic acids is 2. The first-order valence-electron chi connectivity index (χ1n) is 8.40. The quantitative estimate of drug-likeness (QED) is 0.515. The van der Waals surface area contributed by atoms with E-state index in [9.17, 15) is 9.59 Å². The zero-order chi connectivity index (χ0) is 19.1. The van der Waals surface area contributed by atoms with Crippen LogP contribution in [0.1, 0.15) is 26.3 Å². The van der Waals surface area contributed by atoms with Crippen molar-refractivity contribution in [1.29, 1.82) is 0 Å². The number of aliphatic imine (C=N–C) groups is 1. The van der Waals surface area contributed by atoms with Crippen LogP contribution >= 0.6 is 23.5 Å². The van der Waals surface area contributed by atoms with Gasteiger partial charge in [0.1, 0.15) is 10.1 Å². The van der Waals surface area contributed by atoms with Gasteiger partial charge in [-0.25, -0.2) is 4.79 Å². The van der Waals surface area contributed by atoms with Crippen molar-refractivity contribution in [3.63, 3.8) is 0 Å². The van der Waals surface area contributed by atoms with Gasteiger partial charge in [-0.3, -0.25) is 9.79 Å². The molecule has 0 N–H and O–H groups in total. The molecule has 2 aromatic carbocycles. The van der Waals surface area contributed by atoms with E-state index in [1.807, 2.05) is 12.1 Å². The van der Waals surface area contributed by atoms with Crippen molar-refractivity contribution in [2.24, 2.45) is 4.99 Å². The Kier molecular flexibility index (Phi) is 6.95. The lowest BCUT2D eigenvalue weighted by atomic mass is 10.1. The second-order valence-corrected chi connectivity index (χ2v) is 7.95. The van der Waals surface area contributed by atoms with Gasteiger partial charge in [-0.05, 0) is 23.8 Å². The van der Waals surface area contributed by atoms with Crippen molar-refractivity contribution in [3.05, 3.63) is 65.2 Å². The Morgan fingerprint density at radius 2 is 1.85 bits per heavy atom. The van der Waals surface area contributed by atoms with Crippen LogP contribution in [0.25, 0.3) is 0 Å². The summed E-state index contributed by atoms with van der Waals surface area (Å²) in [6.45, 7) is 0.519. The van der Waals surface area contributed by atoms with Gasteiger partial charge in [0.25, 0.3) is 0 Å². The fraction of sp³-hybridized carbons (Fsp3) is 0.250. The Balaban J connectivity index is 1.63. The van der Waals surface area contributed by atoms with Gasteiger partial charge in [-0.15, -0.1) is 0 Å². The van der Waals surface area contributed by atoms with E-state index in [0.717, 1.165) is 22.2 Å². The van der Waals surface area contributed by atoms with E-state index in [2.05, 4.69) is 4.99 Å². The van der Waals surface area contributed by atoms with Gasteiger partial charge in [0, 0.05) is 11.5 Å². The maximum Gasteiger partial charge on any atom is 0.338 e. The number of methoxy groups -OCH3 is 1. The van der Waals surface area contributed by atoms with E-state index in [-0.39, 0.29) is 12.4 Å². The number of thioether (sulfide) groups is 2. The maximum absolute atomic E-state index is 12.5. The first kappa shape index (κ1) is 19.5. The molecule has 0 radical (unpaired) electrons. The van der Waals surface area contributed by atoms with Crippen LogP contribution in [-0.2, 0) is 10.5 Å². The summed E-state index contributed by atoms with van der Waals surface area (Å²) >= 11 is 3.35. The fourth-order valence-electron chi connectivity index (χ4n) is 2.55. The van der Waals surface area contributed by atoms with Gasteiger partial charge < -0.3 is 9.47 Å². The minimum atomic E-state index is -0.504. The Morgan fingerprint density at radius 3 is 2.59 bits per heavy atom. The number of carbonyl (C=O) groups is 2. The number of para-hydroxylation sites is 1. The monoisotopic (exact) mass is 401 g/mol. The van der Waals surface area contributed by atoms with E-state index in [0.29, 0.717) is 22.6 Å². The average molecular weight is 402 g/mol. The zero-order valence-corrected chi connectivity index (χ0v) is 16.5. The van der Waals surface area contributed by atoms with E-state index in [4.69, 9.17) is 9.47 Å². The molecule has 0 aromatic heterocycles. The van der Waals surface area contributed by atoms with Crippen LogP contribution in [0, 0.1) is 0 Å². The predicted molar refractivity (Wildman–Crippen MR) is 110 cm³/mol. The molecule has 1 aliphatic heterocycles. The molecule has 0 saturated carbocycles. The molecule has 7 heteroatoms. The first-order valence-corrected chi connectivity index (χ1v) is 10.4. The molecule has 0 bridgehead atoms. The summed E-state index contributed by atoms with van der Waals surface area (Å²) in [4.78, 5) is 29.3. The summed E-state index contributed by atoms with van der Waals surface area (Å²) < 4.78 is 11.5. The van der Waals surface area contributed by atoms with Crippen molar-refractivity contribution in [2.45, 2.75) is 5.75 Å². The Morgan fingerprint density at radius 1 is 1.11 bits per heavy atom. The number of rotatable bonds is 7. The van der Waals surface area contributed by atoms with E-state index < -0.39 is 5.97 Å². The van der Waals surface area contributed by atoms with Crippen LogP contribution in [0.2, 0.25) is 0 Å². The van der Waals surface area contributed by atoms with Gasteiger partial charge in [0.2, 0.25) is 5.78 Å². The van der Waals surface area contributed by atoms with E-state index >= 15 is 0 Å². The number of benzene rings is 2. The highest BCUT2D eigenvalue weighted by Gasteiger charge is 2.18. The number of nitrogens with zero attached hydrogens (tertiary/aromatic N) is 1. The van der Waals surface area contributed by atoms with Gasteiger partial charge in [0.05, 0.1) is 24.8 Å². The lowest BCUT2D eigenvalue weighted by Crippen LogP contribution is -2.16. The van der Waals surface area contributed by atoms with Gasteiger partial charge >= 0.3 is 5.97 Å². The van der Waals surface area contributed by atoms with Crippen LogP contribution < -0.4 is 4.74 Å². The molecule has 0 atom stereocenters. The van der Waals surface area contributed by atoms with Crippen molar-refractivity contribution >= 4 is 39.7 Å². The topological polar surface area (TPSA) is 65.0 Å². The smallest absolute Gasteiger partial charge is 0.338 e. The van der Waals surface area contributed by atoms with Crippen molar-refractivity contribution in [2.75, 3.05) is 26.0 Å². The standard InChI is InChI=1S/C20H19NO4S2/c1-24-18-9-5-4-8-16(18)17(22)12-25-19(23)15-7-3-2-6-14(15)13-27-20-21-10-11-26-20/h2-9H,10-13H2,1H3. The lowest BCUT2D eigenvalue weighted by Gasteiger charge is -2.10. The van der Waals surface area contributed by atoms with Crippen LogP contribution in [-0.4, -0.2) is 42.1 Å². The zero-order valence-electron chi connectivity index (χ0n) is 14.8. The Bertz CT molecular complexity index is 867. The average Bonchev–Trinajstić information content (AvgIpc) is 3.24. The molecule has 3 rings (SSSR count). The normalized spacial score (nSPS) is 13.1. The molecular weight excluding hydrogens is 382 g/mol. The van der Waals surface area contributed by atoms with Crippen molar-refractivity contribution in [1.82, 2.24) is 0 Å².